The van der Waals surface area contributed by atoms with Crippen molar-refractivity contribution in [3.63, 3.8) is 0 Å². The lowest BCUT2D eigenvalue weighted by molar-refractivity contribution is 0.0492. The molecule has 3 aromatic heterocycles. The fourth-order valence-electron chi connectivity index (χ4n) is 6.82. The van der Waals surface area contributed by atoms with E-state index in [-0.39, 0.29) is 58.0 Å². The molecular weight excluding hydrogens is 626 g/mol. The van der Waals surface area contributed by atoms with Crippen molar-refractivity contribution in [1.29, 1.82) is 0 Å². The molecule has 0 saturated carbocycles. The van der Waals surface area contributed by atoms with E-state index in [1.54, 1.807) is 17.8 Å². The zero-order valence-electron chi connectivity index (χ0n) is 28.4. The van der Waals surface area contributed by atoms with Gasteiger partial charge in [0.25, 0.3) is 5.56 Å². The minimum Gasteiger partial charge on any atom is -0.444 e. The van der Waals surface area contributed by atoms with Gasteiger partial charge in [-0.15, -0.1) is 5.10 Å². The SMILES string of the molecule is Cn1c(N2[C@@H]3CC[C@H]2C[C@@H](NC(=O)OC(C)(C)C)C3)nc2c(c(-c3cc4nnn(C)c4c(F)c3F)cn2COCC[Si](C)(C)C)c1=O. The van der Waals surface area contributed by atoms with E-state index in [1.165, 1.54) is 22.4 Å². The number of amides is 1. The molecule has 3 atom stereocenters. The fraction of sp³-hybridized carbons (Fsp3) is 0.594. The van der Waals surface area contributed by atoms with Crippen molar-refractivity contribution in [2.75, 3.05) is 11.5 Å². The van der Waals surface area contributed by atoms with E-state index in [4.69, 9.17) is 14.5 Å². The van der Waals surface area contributed by atoms with Gasteiger partial charge >= 0.3 is 6.09 Å². The van der Waals surface area contributed by atoms with Crippen molar-refractivity contribution in [3.05, 3.63) is 34.3 Å². The van der Waals surface area contributed by atoms with E-state index < -0.39 is 31.4 Å². The molecule has 254 valence electrons. The molecule has 47 heavy (non-hydrogen) atoms. The molecule has 0 radical (unpaired) electrons. The third kappa shape index (κ3) is 6.38. The largest absolute Gasteiger partial charge is 0.444 e. The molecule has 2 fully saturated rings. The Kier molecular flexibility index (Phi) is 8.43. The highest BCUT2D eigenvalue weighted by Crippen LogP contribution is 2.40. The number of carbonyl (C=O) groups excluding carboxylic acids is 1. The van der Waals surface area contributed by atoms with Crippen LogP contribution >= 0.6 is 0 Å². The Labute approximate surface area is 273 Å². The maximum absolute atomic E-state index is 15.7. The molecule has 2 bridgehead atoms. The topological polar surface area (TPSA) is 121 Å². The Morgan fingerprint density at radius 1 is 1.09 bits per heavy atom. The fourth-order valence-corrected chi connectivity index (χ4v) is 7.58. The minimum atomic E-state index is -1.37. The lowest BCUT2D eigenvalue weighted by Gasteiger charge is -2.40. The van der Waals surface area contributed by atoms with E-state index in [0.717, 1.165) is 18.9 Å². The van der Waals surface area contributed by atoms with Crippen LogP contribution in [0.25, 0.3) is 33.2 Å². The first-order chi connectivity index (χ1) is 22.0. The average Bonchev–Trinajstić information content (AvgIpc) is 3.60. The molecule has 2 aliphatic heterocycles. The Morgan fingerprint density at radius 3 is 2.40 bits per heavy atom. The number of ether oxygens (including phenoxy) is 2. The van der Waals surface area contributed by atoms with Crippen LogP contribution in [0.15, 0.2) is 17.1 Å². The maximum Gasteiger partial charge on any atom is 0.407 e. The van der Waals surface area contributed by atoms with Crippen molar-refractivity contribution in [2.45, 2.75) is 103 Å². The number of alkyl carbamates (subject to hydrolysis) is 1. The van der Waals surface area contributed by atoms with Gasteiger partial charge in [-0.25, -0.2) is 18.3 Å². The number of nitrogens with one attached hydrogen (secondary N) is 1. The number of piperidine rings is 1. The van der Waals surface area contributed by atoms with Crippen molar-refractivity contribution in [2.24, 2.45) is 14.1 Å². The Bertz CT molecular complexity index is 1890. The number of rotatable bonds is 8. The summed E-state index contributed by atoms with van der Waals surface area (Å²) < 4.78 is 47.0. The predicted octanol–water partition coefficient (Wildman–Crippen LogP) is 5.30. The summed E-state index contributed by atoms with van der Waals surface area (Å²) in [5.41, 5.74) is -0.412. The number of anilines is 1. The molecular formula is C32H44F2N8O4Si. The minimum absolute atomic E-state index is 0.0470. The van der Waals surface area contributed by atoms with Crippen LogP contribution < -0.4 is 15.8 Å². The summed E-state index contributed by atoms with van der Waals surface area (Å²) in [5.74, 6) is -1.68. The van der Waals surface area contributed by atoms with Crippen LogP contribution in [-0.4, -0.2) is 73.6 Å². The number of hydrogen-bond donors (Lipinski definition) is 1. The van der Waals surface area contributed by atoms with E-state index in [9.17, 15) is 9.59 Å². The number of aryl methyl sites for hydroxylation is 1. The Balaban J connectivity index is 1.40. The number of benzene rings is 1. The van der Waals surface area contributed by atoms with Gasteiger partial charge in [-0.05, 0) is 58.6 Å². The summed E-state index contributed by atoms with van der Waals surface area (Å²) in [6, 6.07) is 2.39. The van der Waals surface area contributed by atoms with Gasteiger partial charge in [-0.3, -0.25) is 9.36 Å². The lowest BCUT2D eigenvalue weighted by Crippen LogP contribution is -2.52. The summed E-state index contributed by atoms with van der Waals surface area (Å²) in [6.07, 6.45) is 4.31. The van der Waals surface area contributed by atoms with E-state index in [0.29, 0.717) is 31.0 Å². The summed E-state index contributed by atoms with van der Waals surface area (Å²) in [4.78, 5) is 34.0. The first-order valence-corrected chi connectivity index (χ1v) is 19.9. The lowest BCUT2D eigenvalue weighted by atomic mass is 9.98. The summed E-state index contributed by atoms with van der Waals surface area (Å²) in [5, 5.41) is 11.0. The smallest absolute Gasteiger partial charge is 0.407 e. The molecule has 0 aliphatic carbocycles. The Hall–Kier alpha value is -3.85. The summed E-state index contributed by atoms with van der Waals surface area (Å²) >= 11 is 0. The van der Waals surface area contributed by atoms with Crippen LogP contribution in [0, 0.1) is 11.6 Å². The van der Waals surface area contributed by atoms with Crippen LogP contribution in [0.1, 0.15) is 46.5 Å². The van der Waals surface area contributed by atoms with Gasteiger partial charge in [0.1, 0.15) is 23.4 Å². The van der Waals surface area contributed by atoms with Gasteiger partial charge in [0.15, 0.2) is 17.3 Å². The molecule has 0 unspecified atom stereocenters. The molecule has 15 heteroatoms. The van der Waals surface area contributed by atoms with E-state index in [1.807, 2.05) is 20.8 Å². The second kappa shape index (κ2) is 12.0. The predicted molar refractivity (Wildman–Crippen MR) is 178 cm³/mol. The van der Waals surface area contributed by atoms with Gasteiger partial charge in [-0.1, -0.05) is 24.9 Å². The highest BCUT2D eigenvalue weighted by molar-refractivity contribution is 6.76. The molecule has 1 N–H and O–H groups in total. The molecule has 5 heterocycles. The number of fused-ring (bicyclic) bond motifs is 4. The van der Waals surface area contributed by atoms with Crippen LogP contribution in [-0.2, 0) is 30.3 Å². The molecule has 6 rings (SSSR count). The number of nitrogens with zero attached hydrogens (tertiary/aromatic N) is 7. The third-order valence-electron chi connectivity index (χ3n) is 9.05. The quantitative estimate of drug-likeness (QED) is 0.198. The third-order valence-corrected chi connectivity index (χ3v) is 10.8. The van der Waals surface area contributed by atoms with E-state index >= 15 is 8.78 Å². The first kappa shape index (κ1) is 33.1. The monoisotopic (exact) mass is 670 g/mol. The number of hydrogen-bond acceptors (Lipinski definition) is 8. The molecule has 1 amide bonds. The zero-order chi connectivity index (χ0) is 34.0. The zero-order valence-corrected chi connectivity index (χ0v) is 29.4. The van der Waals surface area contributed by atoms with Crippen molar-refractivity contribution in [1.82, 2.24) is 34.4 Å². The van der Waals surface area contributed by atoms with Crippen LogP contribution in [0.2, 0.25) is 25.7 Å². The van der Waals surface area contributed by atoms with Gasteiger partial charge in [-0.2, -0.15) is 4.98 Å². The van der Waals surface area contributed by atoms with Gasteiger partial charge in [0, 0.05) is 64.2 Å². The van der Waals surface area contributed by atoms with Gasteiger partial charge in [0.05, 0.1) is 5.39 Å². The highest BCUT2D eigenvalue weighted by atomic mass is 28.3. The maximum atomic E-state index is 15.7. The molecule has 0 spiro atoms. The second-order valence-corrected chi connectivity index (χ2v) is 20.7. The molecule has 12 nitrogen and oxygen atoms in total. The second-order valence-electron chi connectivity index (χ2n) is 15.1. The van der Waals surface area contributed by atoms with Gasteiger partial charge in [0.2, 0.25) is 5.95 Å². The normalized spacial score (nSPS) is 20.0. The van der Waals surface area contributed by atoms with Crippen molar-refractivity contribution < 1.29 is 23.0 Å². The average molecular weight is 671 g/mol. The van der Waals surface area contributed by atoms with Crippen molar-refractivity contribution in [3.8, 4) is 11.1 Å². The Morgan fingerprint density at radius 2 is 1.77 bits per heavy atom. The number of halogens is 2. The summed E-state index contributed by atoms with van der Waals surface area (Å²) in [7, 11) is 1.78. The van der Waals surface area contributed by atoms with Crippen molar-refractivity contribution >= 4 is 42.2 Å². The van der Waals surface area contributed by atoms with E-state index in [2.05, 4.69) is 40.2 Å². The van der Waals surface area contributed by atoms with Crippen LogP contribution in [0.3, 0.4) is 0 Å². The standard InChI is InChI=1S/C32H44F2N8O4Si/c1-32(2,3)46-31(44)35-18-13-19-9-10-20(14-18)42(19)30-36-28-24(29(43)39(30)4)22(16-41(28)17-45-11-12-47(6,7)8)21-15-23-27(26(34)25(21)33)40(5)38-37-23/h15-16,18-20H,9-14,17H2,1-8H3,(H,35,44)/t18-,19+,20-. The number of carbonyl (C=O) groups is 1. The molecule has 2 saturated heterocycles. The first-order valence-electron chi connectivity index (χ1n) is 16.2. The van der Waals surface area contributed by atoms with Crippen LogP contribution in [0.5, 0.6) is 0 Å². The van der Waals surface area contributed by atoms with Crippen LogP contribution in [0.4, 0.5) is 19.5 Å². The molecule has 2 aliphatic rings. The number of aromatic nitrogens is 6. The molecule has 4 aromatic rings. The summed E-state index contributed by atoms with van der Waals surface area (Å²) in [6.45, 7) is 12.9. The van der Waals surface area contributed by atoms with Gasteiger partial charge < -0.3 is 24.3 Å². The molecule has 1 aromatic carbocycles. The highest BCUT2D eigenvalue weighted by Gasteiger charge is 2.43.